The summed E-state index contributed by atoms with van der Waals surface area (Å²) in [6.45, 7) is 0.460. The lowest BCUT2D eigenvalue weighted by Gasteiger charge is -2.06. The van der Waals surface area contributed by atoms with E-state index in [2.05, 4.69) is 0 Å². The monoisotopic (exact) mass is 356 g/mol. The molecular formula is C20H20O6. The Balaban J connectivity index is 1.52. The van der Waals surface area contributed by atoms with Crippen LogP contribution >= 0.6 is 0 Å². The van der Waals surface area contributed by atoms with Crippen molar-refractivity contribution in [1.82, 2.24) is 0 Å². The Morgan fingerprint density at radius 1 is 0.769 bits per heavy atom. The molecule has 0 aromatic heterocycles. The van der Waals surface area contributed by atoms with Crippen molar-refractivity contribution in [2.45, 2.75) is 12.8 Å². The third-order valence-electron chi connectivity index (χ3n) is 3.33. The van der Waals surface area contributed by atoms with Gasteiger partial charge >= 0.3 is 11.9 Å². The molecule has 0 aliphatic rings. The van der Waals surface area contributed by atoms with Gasteiger partial charge in [-0.3, -0.25) is 9.59 Å². The van der Waals surface area contributed by atoms with Gasteiger partial charge in [-0.25, -0.2) is 4.79 Å². The Morgan fingerprint density at radius 3 is 2.12 bits per heavy atom. The van der Waals surface area contributed by atoms with Crippen LogP contribution in [0.3, 0.4) is 0 Å². The van der Waals surface area contributed by atoms with Crippen molar-refractivity contribution >= 4 is 17.7 Å². The standard InChI is InChI=1S/C20H20O6/c21-18(26-17-10-5-2-6-11-17)12-7-13-24-14-15-25-20(23)19(22)16-8-3-1-4-9-16/h1-6,8-11H,7,12-15H2. The highest BCUT2D eigenvalue weighted by atomic mass is 16.6. The number of benzene rings is 2. The minimum atomic E-state index is -0.911. The molecule has 0 fully saturated rings. The second kappa shape index (κ2) is 10.8. The first-order chi connectivity index (χ1) is 12.7. The Labute approximate surface area is 151 Å². The SMILES string of the molecule is O=C(CCCOCCOC(=O)C(=O)c1ccccc1)Oc1ccccc1. The molecule has 0 aliphatic heterocycles. The van der Waals surface area contributed by atoms with Crippen LogP contribution in [0, 0.1) is 0 Å². The summed E-state index contributed by atoms with van der Waals surface area (Å²) in [6, 6.07) is 17.0. The molecule has 6 nitrogen and oxygen atoms in total. The highest BCUT2D eigenvalue weighted by Crippen LogP contribution is 2.09. The van der Waals surface area contributed by atoms with E-state index in [1.54, 1.807) is 54.6 Å². The normalized spacial score (nSPS) is 10.2. The molecule has 2 aromatic rings. The summed E-state index contributed by atoms with van der Waals surface area (Å²) in [6.07, 6.45) is 0.712. The number of ketones is 1. The van der Waals surface area contributed by atoms with Crippen LogP contribution in [0.4, 0.5) is 0 Å². The van der Waals surface area contributed by atoms with Gasteiger partial charge in [-0.2, -0.15) is 0 Å². The van der Waals surface area contributed by atoms with E-state index in [1.165, 1.54) is 0 Å². The first-order valence-electron chi connectivity index (χ1n) is 8.27. The van der Waals surface area contributed by atoms with Gasteiger partial charge in [0.05, 0.1) is 6.61 Å². The molecule has 0 N–H and O–H groups in total. The number of carbonyl (C=O) groups excluding carboxylic acids is 3. The zero-order valence-electron chi connectivity index (χ0n) is 14.3. The molecule has 0 atom stereocenters. The molecule has 0 bridgehead atoms. The lowest BCUT2D eigenvalue weighted by molar-refractivity contribution is -0.139. The summed E-state index contributed by atoms with van der Waals surface area (Å²) < 4.78 is 15.3. The van der Waals surface area contributed by atoms with Gasteiger partial charge in [0, 0.05) is 18.6 Å². The second-order valence-corrected chi connectivity index (χ2v) is 5.33. The smallest absolute Gasteiger partial charge is 0.379 e. The Kier molecular flexibility index (Phi) is 8.02. The molecule has 0 amide bonds. The van der Waals surface area contributed by atoms with E-state index in [9.17, 15) is 14.4 Å². The van der Waals surface area contributed by atoms with E-state index < -0.39 is 11.8 Å². The maximum atomic E-state index is 11.8. The van der Waals surface area contributed by atoms with Crippen LogP contribution < -0.4 is 4.74 Å². The Bertz CT molecular complexity index is 712. The molecule has 0 saturated heterocycles. The Morgan fingerprint density at radius 2 is 1.42 bits per heavy atom. The van der Waals surface area contributed by atoms with Crippen LogP contribution in [0.15, 0.2) is 60.7 Å². The summed E-state index contributed by atoms with van der Waals surface area (Å²) in [4.78, 5) is 35.0. The molecule has 0 aliphatic carbocycles. The van der Waals surface area contributed by atoms with Gasteiger partial charge in [-0.05, 0) is 18.6 Å². The lowest BCUT2D eigenvalue weighted by Crippen LogP contribution is -2.20. The molecule has 2 aromatic carbocycles. The molecule has 136 valence electrons. The number of esters is 2. The third kappa shape index (κ3) is 6.86. The van der Waals surface area contributed by atoms with E-state index in [4.69, 9.17) is 14.2 Å². The van der Waals surface area contributed by atoms with Gasteiger partial charge in [0.1, 0.15) is 12.4 Å². The molecule has 0 spiro atoms. The largest absolute Gasteiger partial charge is 0.457 e. The van der Waals surface area contributed by atoms with E-state index in [1.807, 2.05) is 6.07 Å². The van der Waals surface area contributed by atoms with Crippen molar-refractivity contribution in [3.63, 3.8) is 0 Å². The summed E-state index contributed by atoms with van der Waals surface area (Å²) in [7, 11) is 0. The molecule has 6 heteroatoms. The highest BCUT2D eigenvalue weighted by molar-refractivity contribution is 6.40. The summed E-state index contributed by atoms with van der Waals surface area (Å²) in [5.74, 6) is -1.42. The van der Waals surface area contributed by atoms with Gasteiger partial charge in [0.15, 0.2) is 0 Å². The topological polar surface area (TPSA) is 78.9 Å². The fourth-order valence-corrected chi connectivity index (χ4v) is 2.06. The van der Waals surface area contributed by atoms with Gasteiger partial charge in [0.2, 0.25) is 0 Å². The minimum Gasteiger partial charge on any atom is -0.457 e. The molecule has 2 rings (SSSR count). The number of carbonyl (C=O) groups is 3. The lowest BCUT2D eigenvalue weighted by atomic mass is 10.1. The molecule has 0 radical (unpaired) electrons. The fraction of sp³-hybridized carbons (Fsp3) is 0.250. The summed E-state index contributed by atoms with van der Waals surface area (Å²) >= 11 is 0. The first-order valence-corrected chi connectivity index (χ1v) is 8.27. The fourth-order valence-electron chi connectivity index (χ4n) is 2.06. The van der Waals surface area contributed by atoms with Crippen molar-refractivity contribution in [3.8, 4) is 5.75 Å². The summed E-state index contributed by atoms with van der Waals surface area (Å²) in [5, 5.41) is 0. The second-order valence-electron chi connectivity index (χ2n) is 5.33. The number of ether oxygens (including phenoxy) is 3. The van der Waals surface area contributed by atoms with Crippen LogP contribution in [-0.2, 0) is 19.1 Å². The highest BCUT2D eigenvalue weighted by Gasteiger charge is 2.17. The third-order valence-corrected chi connectivity index (χ3v) is 3.33. The average molecular weight is 356 g/mol. The average Bonchev–Trinajstić information content (AvgIpc) is 2.68. The summed E-state index contributed by atoms with van der Waals surface area (Å²) in [5.41, 5.74) is 0.287. The number of hydrogen-bond acceptors (Lipinski definition) is 6. The predicted octanol–water partition coefficient (Wildman–Crippen LogP) is 2.81. The van der Waals surface area contributed by atoms with Gasteiger partial charge in [-0.1, -0.05) is 48.5 Å². The van der Waals surface area contributed by atoms with Crippen molar-refractivity contribution in [2.24, 2.45) is 0 Å². The van der Waals surface area contributed by atoms with Crippen molar-refractivity contribution < 1.29 is 28.6 Å². The number of Topliss-reactive ketones (excluding diaryl/α,β-unsaturated/α-hetero) is 1. The van der Waals surface area contributed by atoms with Crippen LogP contribution in [0.2, 0.25) is 0 Å². The van der Waals surface area contributed by atoms with E-state index in [-0.39, 0.29) is 31.2 Å². The number of rotatable bonds is 10. The molecule has 26 heavy (non-hydrogen) atoms. The molecule has 0 saturated carbocycles. The molecule has 0 heterocycles. The van der Waals surface area contributed by atoms with Crippen LogP contribution in [0.5, 0.6) is 5.75 Å². The molecular weight excluding hydrogens is 336 g/mol. The van der Waals surface area contributed by atoms with Crippen molar-refractivity contribution in [2.75, 3.05) is 19.8 Å². The Hall–Kier alpha value is -2.99. The minimum absolute atomic E-state index is 0.0220. The van der Waals surface area contributed by atoms with Gasteiger partial charge in [0.25, 0.3) is 5.78 Å². The predicted molar refractivity (Wildman–Crippen MR) is 93.9 cm³/mol. The van der Waals surface area contributed by atoms with Crippen LogP contribution in [0.25, 0.3) is 0 Å². The van der Waals surface area contributed by atoms with E-state index in [0.717, 1.165) is 0 Å². The van der Waals surface area contributed by atoms with Crippen molar-refractivity contribution in [3.05, 3.63) is 66.2 Å². The zero-order valence-corrected chi connectivity index (χ0v) is 14.3. The zero-order chi connectivity index (χ0) is 18.6. The quantitative estimate of drug-likeness (QED) is 0.214. The van der Waals surface area contributed by atoms with E-state index in [0.29, 0.717) is 18.8 Å². The van der Waals surface area contributed by atoms with Gasteiger partial charge in [-0.15, -0.1) is 0 Å². The number of hydrogen-bond donors (Lipinski definition) is 0. The van der Waals surface area contributed by atoms with Crippen molar-refractivity contribution in [1.29, 1.82) is 0 Å². The van der Waals surface area contributed by atoms with E-state index >= 15 is 0 Å². The first kappa shape index (κ1) is 19.3. The van der Waals surface area contributed by atoms with Crippen LogP contribution in [0.1, 0.15) is 23.2 Å². The van der Waals surface area contributed by atoms with Crippen LogP contribution in [-0.4, -0.2) is 37.5 Å². The maximum Gasteiger partial charge on any atom is 0.379 e. The maximum absolute atomic E-state index is 11.8. The number of para-hydroxylation sites is 1. The van der Waals surface area contributed by atoms with Gasteiger partial charge < -0.3 is 14.2 Å². The molecule has 0 unspecified atom stereocenters.